The fraction of sp³-hybridized carbons (Fsp3) is 0.568. The van der Waals surface area contributed by atoms with Gasteiger partial charge < -0.3 is 39.0 Å². The first-order chi connectivity index (χ1) is 22.4. The topological polar surface area (TPSA) is 144 Å². The first kappa shape index (κ1) is 32.6. The maximum Gasteiger partial charge on any atom is 0.338 e. The number of epoxide rings is 1. The molecular formula is C37H44O10. The molecule has 3 heterocycles. The van der Waals surface area contributed by atoms with Crippen LogP contribution in [0.25, 0.3) is 0 Å². The van der Waals surface area contributed by atoms with Gasteiger partial charge in [-0.1, -0.05) is 75.8 Å². The van der Waals surface area contributed by atoms with Gasteiger partial charge >= 0.3 is 11.9 Å². The number of hydrogen-bond acceptors (Lipinski definition) is 10. The predicted octanol–water partition coefficient (Wildman–Crippen LogP) is 3.70. The molecule has 0 amide bonds. The lowest BCUT2D eigenvalue weighted by Crippen LogP contribution is -2.76. The summed E-state index contributed by atoms with van der Waals surface area (Å²) in [5.74, 6) is -5.81. The van der Waals surface area contributed by atoms with Crippen molar-refractivity contribution in [3.8, 4) is 0 Å². The number of fused-ring (bicyclic) bond motifs is 3. The summed E-state index contributed by atoms with van der Waals surface area (Å²) in [5.41, 5.74) is -6.01. The highest BCUT2D eigenvalue weighted by Crippen LogP contribution is 2.73. The van der Waals surface area contributed by atoms with Crippen LogP contribution in [0.3, 0.4) is 0 Å². The van der Waals surface area contributed by atoms with Crippen molar-refractivity contribution in [1.82, 2.24) is 0 Å². The van der Waals surface area contributed by atoms with Gasteiger partial charge in [0, 0.05) is 23.8 Å². The summed E-state index contributed by atoms with van der Waals surface area (Å²) in [6.07, 6.45) is 8.51. The molecule has 3 aliphatic carbocycles. The minimum absolute atomic E-state index is 0.238. The van der Waals surface area contributed by atoms with Crippen LogP contribution >= 0.6 is 0 Å². The largest absolute Gasteiger partial charge is 0.455 e. The van der Waals surface area contributed by atoms with Crippen LogP contribution in [-0.4, -0.2) is 86.5 Å². The van der Waals surface area contributed by atoms with Gasteiger partial charge in [0.15, 0.2) is 17.0 Å². The van der Waals surface area contributed by atoms with Crippen LogP contribution in [0.15, 0.2) is 78.4 Å². The number of aliphatic hydroxyl groups excluding tert-OH is 2. The number of carbonyl (C=O) groups is 2. The summed E-state index contributed by atoms with van der Waals surface area (Å²) in [5, 5.41) is 34.9. The van der Waals surface area contributed by atoms with E-state index in [-0.39, 0.29) is 5.57 Å². The molecule has 0 radical (unpaired) electrons. The number of hydrogen-bond donors (Lipinski definition) is 3. The Hall–Kier alpha value is -2.96. The molecular weight excluding hydrogens is 604 g/mol. The Kier molecular flexibility index (Phi) is 7.65. The van der Waals surface area contributed by atoms with Crippen LogP contribution in [0.5, 0.6) is 0 Å². The van der Waals surface area contributed by atoms with Gasteiger partial charge in [-0.2, -0.15) is 0 Å². The van der Waals surface area contributed by atoms with Gasteiger partial charge in [0.1, 0.15) is 30.0 Å². The van der Waals surface area contributed by atoms with E-state index in [1.54, 1.807) is 62.4 Å². The van der Waals surface area contributed by atoms with Gasteiger partial charge in [-0.15, -0.1) is 0 Å². The molecule has 0 aromatic heterocycles. The molecule has 1 aromatic rings. The zero-order chi connectivity index (χ0) is 33.6. The van der Waals surface area contributed by atoms with E-state index in [1.165, 1.54) is 0 Å². The third kappa shape index (κ3) is 4.16. The van der Waals surface area contributed by atoms with Crippen molar-refractivity contribution in [3.63, 3.8) is 0 Å². The number of ketones is 1. The highest BCUT2D eigenvalue weighted by Gasteiger charge is 2.90. The van der Waals surface area contributed by atoms with Gasteiger partial charge in [-0.25, -0.2) is 4.79 Å². The number of carbonyl (C=O) groups excluding carboxylic acids is 2. The van der Waals surface area contributed by atoms with E-state index in [4.69, 9.17) is 23.7 Å². The summed E-state index contributed by atoms with van der Waals surface area (Å²) in [6, 6.07) is 8.57. The van der Waals surface area contributed by atoms with Crippen LogP contribution in [0.4, 0.5) is 0 Å². The maximum atomic E-state index is 13.8. The summed E-state index contributed by atoms with van der Waals surface area (Å²) < 4.78 is 33.2. The van der Waals surface area contributed by atoms with Gasteiger partial charge in [0.2, 0.25) is 0 Å². The Morgan fingerprint density at radius 1 is 1.11 bits per heavy atom. The second-order valence-electron chi connectivity index (χ2n) is 14.1. The molecule has 3 bridgehead atoms. The molecule has 2 saturated carbocycles. The number of ether oxygens (including phenoxy) is 5. The fourth-order valence-electron chi connectivity index (χ4n) is 9.24. The Labute approximate surface area is 274 Å². The molecule has 7 rings (SSSR count). The molecule has 3 N–H and O–H groups in total. The molecule has 252 valence electrons. The third-order valence-corrected chi connectivity index (χ3v) is 11.5. The van der Waals surface area contributed by atoms with Crippen LogP contribution < -0.4 is 0 Å². The molecule has 0 spiro atoms. The molecule has 12 atom stereocenters. The van der Waals surface area contributed by atoms with Crippen molar-refractivity contribution < 1.29 is 48.6 Å². The average Bonchev–Trinajstić information content (AvgIpc) is 3.69. The molecule has 10 heteroatoms. The predicted molar refractivity (Wildman–Crippen MR) is 169 cm³/mol. The first-order valence-corrected chi connectivity index (χ1v) is 16.7. The zero-order valence-electron chi connectivity index (χ0n) is 27.3. The second-order valence-corrected chi connectivity index (χ2v) is 14.1. The molecule has 0 unspecified atom stereocenters. The van der Waals surface area contributed by atoms with E-state index in [0.29, 0.717) is 11.1 Å². The number of benzene rings is 1. The normalized spacial score (nSPS) is 45.8. The Bertz CT molecular complexity index is 1570. The standard InChI is InChI=1S/C37H44O10/c1-6-7-8-9-10-11-15-18-34-45-30-26-29-33(20-38,44-29)32(41)35(42)25(19-22(4)27(35)39)37(26,47-34)23(5)28(36(30,46-34)21(2)3)43-31(40)24-16-13-12-14-17-24/h10-19,23,25-26,28-30,32,38,41-42H,2,6-9,20H2,1,3-5H3/t23-,25+,26-,28+,29+,30-,32+,33+,34+,35+,36+,37+/m1/s1. The lowest BCUT2D eigenvalue weighted by Gasteiger charge is -2.61. The van der Waals surface area contributed by atoms with Crippen molar-refractivity contribution in [3.05, 3.63) is 84.0 Å². The second kappa shape index (κ2) is 11.0. The summed E-state index contributed by atoms with van der Waals surface area (Å²) in [6.45, 7) is 11.0. The van der Waals surface area contributed by atoms with Gasteiger partial charge in [0.05, 0.1) is 17.8 Å². The summed E-state index contributed by atoms with van der Waals surface area (Å²) >= 11 is 0. The SMILES string of the molecule is C=C(C)[C@@]12O[C@]3(C=CC=CCCCCC)O[C@@H]1[C@H]1[C@@H]4O[C@]4(CO)[C@H](O)[C@@]4(O)C(=O)C(C)=C[C@@H]4[C@@]1(O3)[C@H](C)[C@@H]2OC(=O)c1ccccc1. The first-order valence-electron chi connectivity index (χ1n) is 16.7. The maximum absolute atomic E-state index is 13.8. The molecule has 5 fully saturated rings. The van der Waals surface area contributed by atoms with Crippen molar-refractivity contribution in [2.75, 3.05) is 6.61 Å². The van der Waals surface area contributed by atoms with Crippen LogP contribution in [0.1, 0.15) is 63.7 Å². The quantitative estimate of drug-likeness (QED) is 0.113. The number of unbranched alkanes of at least 4 members (excludes halogenated alkanes) is 3. The molecule has 47 heavy (non-hydrogen) atoms. The Balaban J connectivity index is 1.41. The van der Waals surface area contributed by atoms with Gasteiger partial charge in [-0.05, 0) is 50.0 Å². The number of aliphatic hydroxyl groups is 3. The van der Waals surface area contributed by atoms with E-state index in [0.717, 1.165) is 25.7 Å². The van der Waals surface area contributed by atoms with Crippen molar-refractivity contribution in [1.29, 1.82) is 0 Å². The summed E-state index contributed by atoms with van der Waals surface area (Å²) in [7, 11) is 0. The smallest absolute Gasteiger partial charge is 0.338 e. The zero-order valence-corrected chi connectivity index (χ0v) is 27.3. The number of esters is 1. The third-order valence-electron chi connectivity index (χ3n) is 11.5. The molecule has 6 aliphatic rings. The minimum atomic E-state index is -2.41. The highest BCUT2D eigenvalue weighted by atomic mass is 16.9. The number of rotatable bonds is 10. The van der Waals surface area contributed by atoms with E-state index >= 15 is 0 Å². The highest BCUT2D eigenvalue weighted by molar-refractivity contribution is 6.05. The average molecular weight is 649 g/mol. The van der Waals surface area contributed by atoms with Gasteiger partial charge in [0.25, 0.3) is 0 Å². The lowest BCUT2D eigenvalue weighted by atomic mass is 9.53. The van der Waals surface area contributed by atoms with Crippen molar-refractivity contribution >= 4 is 11.8 Å². The molecule has 1 aromatic carbocycles. The number of Topliss-reactive ketones (excluding diaryl/α,β-unsaturated/α-hetero) is 1. The fourth-order valence-corrected chi connectivity index (χ4v) is 9.24. The van der Waals surface area contributed by atoms with Crippen molar-refractivity contribution in [2.24, 2.45) is 17.8 Å². The van der Waals surface area contributed by atoms with Crippen LogP contribution in [-0.2, 0) is 28.5 Å². The lowest BCUT2D eigenvalue weighted by molar-refractivity contribution is -0.407. The number of allylic oxidation sites excluding steroid dienone is 3. The van der Waals surface area contributed by atoms with E-state index in [2.05, 4.69) is 13.5 Å². The summed E-state index contributed by atoms with van der Waals surface area (Å²) in [4.78, 5) is 27.6. The monoisotopic (exact) mass is 648 g/mol. The van der Waals surface area contributed by atoms with E-state index < -0.39 is 88.9 Å². The van der Waals surface area contributed by atoms with Crippen LogP contribution in [0, 0.1) is 17.8 Å². The van der Waals surface area contributed by atoms with E-state index in [1.807, 2.05) is 19.1 Å². The molecule has 10 nitrogen and oxygen atoms in total. The minimum Gasteiger partial charge on any atom is -0.455 e. The van der Waals surface area contributed by atoms with Crippen LogP contribution in [0.2, 0.25) is 0 Å². The van der Waals surface area contributed by atoms with E-state index in [9.17, 15) is 24.9 Å². The van der Waals surface area contributed by atoms with Crippen molar-refractivity contribution in [2.45, 2.75) is 106 Å². The molecule has 3 saturated heterocycles. The van der Waals surface area contributed by atoms with Gasteiger partial charge in [-0.3, -0.25) is 4.79 Å². The Morgan fingerprint density at radius 2 is 1.85 bits per heavy atom. The molecule has 3 aliphatic heterocycles. The Morgan fingerprint density at radius 3 is 2.53 bits per heavy atom.